The molecule has 0 aliphatic carbocycles. The van der Waals surface area contributed by atoms with Crippen molar-refractivity contribution in [3.05, 3.63) is 0 Å². The summed E-state index contributed by atoms with van der Waals surface area (Å²) in [7, 11) is 0. The van der Waals surface area contributed by atoms with Crippen LogP contribution >= 0.6 is 0 Å². The lowest BCUT2D eigenvalue weighted by Crippen LogP contribution is -2.40. The number of hydrogen-bond donors (Lipinski definition) is 0. The molecule has 0 saturated carbocycles. The molecule has 0 amide bonds. The number of carbonyl (C=O) groups is 1. The standard InChI is InChI=1S/C21H40O5/c1-8-12-14-16(10-3)18(20(5,6)7)23-19(22)24-21(25-26-21)17(11-4)15-13-9-2/h16-18H,8-15H2,1-7H3. The summed E-state index contributed by atoms with van der Waals surface area (Å²) in [5, 5.41) is 0. The van der Waals surface area contributed by atoms with Crippen molar-refractivity contribution < 1.29 is 24.0 Å². The van der Waals surface area contributed by atoms with Gasteiger partial charge in [0.15, 0.2) is 0 Å². The third kappa shape index (κ3) is 6.73. The molecule has 1 aliphatic heterocycles. The molecule has 0 radical (unpaired) electrons. The second kappa shape index (κ2) is 10.5. The highest BCUT2D eigenvalue weighted by Gasteiger charge is 2.60. The number of rotatable bonds is 12. The molecule has 0 aromatic rings. The fourth-order valence-corrected chi connectivity index (χ4v) is 3.64. The van der Waals surface area contributed by atoms with Crippen LogP contribution in [-0.2, 0) is 19.2 Å². The number of hydrogen-bond acceptors (Lipinski definition) is 5. The average molecular weight is 373 g/mol. The maximum Gasteiger partial charge on any atom is 0.513 e. The average Bonchev–Trinajstić information content (AvgIpc) is 3.34. The Kier molecular flexibility index (Phi) is 9.39. The minimum absolute atomic E-state index is 0.0325. The van der Waals surface area contributed by atoms with Gasteiger partial charge in [0.2, 0.25) is 0 Å². The molecule has 0 spiro atoms. The van der Waals surface area contributed by atoms with Crippen LogP contribution in [0, 0.1) is 17.3 Å². The second-order valence-corrected chi connectivity index (χ2v) is 8.58. The van der Waals surface area contributed by atoms with Gasteiger partial charge in [-0.15, -0.1) is 0 Å². The molecule has 1 fully saturated rings. The zero-order valence-corrected chi connectivity index (χ0v) is 17.9. The Hall–Kier alpha value is -0.810. The van der Waals surface area contributed by atoms with Crippen molar-refractivity contribution in [3.8, 4) is 0 Å². The van der Waals surface area contributed by atoms with E-state index in [-0.39, 0.29) is 17.4 Å². The van der Waals surface area contributed by atoms with Crippen LogP contribution in [-0.4, -0.2) is 18.2 Å². The van der Waals surface area contributed by atoms with Crippen molar-refractivity contribution in [1.29, 1.82) is 0 Å². The van der Waals surface area contributed by atoms with Gasteiger partial charge in [-0.1, -0.05) is 74.1 Å². The molecule has 0 bridgehead atoms. The first-order valence-electron chi connectivity index (χ1n) is 10.5. The monoisotopic (exact) mass is 372 g/mol. The molecule has 0 N–H and O–H groups in total. The molecule has 1 heterocycles. The van der Waals surface area contributed by atoms with Crippen LogP contribution in [0.15, 0.2) is 0 Å². The Labute approximate surface area is 160 Å². The van der Waals surface area contributed by atoms with E-state index in [1.165, 1.54) is 0 Å². The van der Waals surface area contributed by atoms with Crippen molar-refractivity contribution in [1.82, 2.24) is 0 Å². The van der Waals surface area contributed by atoms with Crippen LogP contribution in [0.5, 0.6) is 0 Å². The van der Waals surface area contributed by atoms with E-state index in [4.69, 9.17) is 19.2 Å². The van der Waals surface area contributed by atoms with Gasteiger partial charge in [-0.05, 0) is 37.0 Å². The Morgan fingerprint density at radius 3 is 1.96 bits per heavy atom. The zero-order valence-electron chi connectivity index (χ0n) is 17.9. The lowest BCUT2D eigenvalue weighted by atomic mass is 9.78. The maximum absolute atomic E-state index is 12.5. The van der Waals surface area contributed by atoms with Crippen molar-refractivity contribution in [3.63, 3.8) is 0 Å². The lowest BCUT2D eigenvalue weighted by Gasteiger charge is -2.36. The third-order valence-corrected chi connectivity index (χ3v) is 5.33. The van der Waals surface area contributed by atoms with Crippen LogP contribution in [0.2, 0.25) is 0 Å². The van der Waals surface area contributed by atoms with Crippen molar-refractivity contribution in [2.24, 2.45) is 17.3 Å². The minimum atomic E-state index is -1.24. The maximum atomic E-state index is 12.5. The minimum Gasteiger partial charge on any atom is -0.430 e. The van der Waals surface area contributed by atoms with Crippen LogP contribution in [0.25, 0.3) is 0 Å². The summed E-state index contributed by atoms with van der Waals surface area (Å²) < 4.78 is 11.3. The molecular weight excluding hydrogens is 332 g/mol. The molecule has 26 heavy (non-hydrogen) atoms. The van der Waals surface area contributed by atoms with E-state index in [1.54, 1.807) is 0 Å². The summed E-state index contributed by atoms with van der Waals surface area (Å²) in [4.78, 5) is 22.8. The highest BCUT2D eigenvalue weighted by atomic mass is 17.5. The molecular formula is C21H40O5. The molecule has 0 aromatic heterocycles. The third-order valence-electron chi connectivity index (χ3n) is 5.33. The zero-order chi connectivity index (χ0) is 19.8. The smallest absolute Gasteiger partial charge is 0.430 e. The van der Waals surface area contributed by atoms with Gasteiger partial charge in [-0.25, -0.2) is 4.79 Å². The first-order chi connectivity index (χ1) is 12.2. The summed E-state index contributed by atoms with van der Waals surface area (Å²) >= 11 is 0. The molecule has 1 rings (SSSR count). The Morgan fingerprint density at radius 1 is 0.962 bits per heavy atom. The SMILES string of the molecule is CCCCC(CC)C(OC(=O)OC1(C(CC)CCCC)OO1)C(C)(C)C. The highest BCUT2D eigenvalue weighted by Crippen LogP contribution is 2.44. The number of carbonyl (C=O) groups excluding carboxylic acids is 1. The van der Waals surface area contributed by atoms with E-state index in [2.05, 4.69) is 48.5 Å². The molecule has 3 unspecified atom stereocenters. The largest absolute Gasteiger partial charge is 0.513 e. The van der Waals surface area contributed by atoms with Gasteiger partial charge in [0.1, 0.15) is 6.10 Å². The van der Waals surface area contributed by atoms with E-state index >= 15 is 0 Å². The summed E-state index contributed by atoms with van der Waals surface area (Å²) in [5.41, 5.74) is -0.155. The van der Waals surface area contributed by atoms with Crippen molar-refractivity contribution >= 4 is 6.16 Å². The van der Waals surface area contributed by atoms with Gasteiger partial charge >= 0.3 is 12.1 Å². The fraction of sp³-hybridized carbons (Fsp3) is 0.952. The molecule has 3 atom stereocenters. The number of ether oxygens (including phenoxy) is 2. The second-order valence-electron chi connectivity index (χ2n) is 8.58. The van der Waals surface area contributed by atoms with Gasteiger partial charge in [0.25, 0.3) is 0 Å². The summed E-state index contributed by atoms with van der Waals surface area (Å²) in [6, 6.07) is 0. The van der Waals surface area contributed by atoms with Gasteiger partial charge < -0.3 is 9.47 Å². The molecule has 154 valence electrons. The van der Waals surface area contributed by atoms with Crippen LogP contribution in [0.3, 0.4) is 0 Å². The van der Waals surface area contributed by atoms with Gasteiger partial charge in [0, 0.05) is 0 Å². The van der Waals surface area contributed by atoms with E-state index in [0.29, 0.717) is 5.92 Å². The molecule has 5 nitrogen and oxygen atoms in total. The lowest BCUT2D eigenvalue weighted by molar-refractivity contribution is -0.111. The van der Waals surface area contributed by atoms with Crippen molar-refractivity contribution in [2.45, 2.75) is 112 Å². The van der Waals surface area contributed by atoms with Crippen molar-refractivity contribution in [2.75, 3.05) is 0 Å². The molecule has 0 aromatic carbocycles. The topological polar surface area (TPSA) is 60.6 Å². The van der Waals surface area contributed by atoms with Crippen LogP contribution in [0.1, 0.15) is 99.8 Å². The normalized spacial score (nSPS) is 19.5. The quantitative estimate of drug-likeness (QED) is 0.219. The van der Waals surface area contributed by atoms with E-state index < -0.39 is 12.1 Å². The molecule has 1 aliphatic rings. The van der Waals surface area contributed by atoms with Crippen LogP contribution in [0.4, 0.5) is 4.79 Å². The van der Waals surface area contributed by atoms with E-state index in [9.17, 15) is 4.79 Å². The van der Waals surface area contributed by atoms with Gasteiger partial charge in [-0.3, -0.25) is 0 Å². The van der Waals surface area contributed by atoms with Gasteiger partial charge in [-0.2, -0.15) is 9.78 Å². The number of unbranched alkanes of at least 4 members (excludes halogenated alkanes) is 2. The first kappa shape index (κ1) is 23.2. The predicted molar refractivity (Wildman–Crippen MR) is 102 cm³/mol. The Balaban J connectivity index is 2.74. The highest BCUT2D eigenvalue weighted by molar-refractivity contribution is 5.60. The first-order valence-corrected chi connectivity index (χ1v) is 10.5. The molecule has 1 saturated heterocycles. The van der Waals surface area contributed by atoms with Crippen LogP contribution < -0.4 is 0 Å². The summed E-state index contributed by atoms with van der Waals surface area (Å²) in [6.07, 6.45) is 7.26. The Bertz CT molecular complexity index is 411. The van der Waals surface area contributed by atoms with E-state index in [1.807, 2.05) is 0 Å². The summed E-state index contributed by atoms with van der Waals surface area (Å²) in [6.45, 7) is 14.8. The van der Waals surface area contributed by atoms with Gasteiger partial charge in [0.05, 0.1) is 5.92 Å². The fourth-order valence-electron chi connectivity index (χ4n) is 3.64. The van der Waals surface area contributed by atoms with E-state index in [0.717, 1.165) is 51.4 Å². The Morgan fingerprint density at radius 2 is 1.54 bits per heavy atom. The summed E-state index contributed by atoms with van der Waals surface area (Å²) in [5.74, 6) is -0.888. The molecule has 5 heteroatoms. The predicted octanol–water partition coefficient (Wildman–Crippen LogP) is 6.60.